The van der Waals surface area contributed by atoms with E-state index in [1.807, 2.05) is 0 Å². The summed E-state index contributed by atoms with van der Waals surface area (Å²) in [6.07, 6.45) is 7.50. The second-order valence-electron chi connectivity index (χ2n) is 6.36. The highest BCUT2D eigenvalue weighted by Gasteiger charge is 2.57. The van der Waals surface area contributed by atoms with Crippen molar-refractivity contribution in [2.45, 2.75) is 51.5 Å². The Morgan fingerprint density at radius 1 is 1.35 bits per heavy atom. The summed E-state index contributed by atoms with van der Waals surface area (Å²) in [6, 6.07) is 0.399. The Kier molecular flexibility index (Phi) is 2.89. The minimum Gasteiger partial charge on any atom is -0.353 e. The first-order valence-corrected chi connectivity index (χ1v) is 7.22. The Hall–Kier alpha value is -0.570. The molecule has 17 heavy (non-hydrogen) atoms. The summed E-state index contributed by atoms with van der Waals surface area (Å²) in [5.41, 5.74) is 0.384. The molecule has 3 fully saturated rings. The van der Waals surface area contributed by atoms with Gasteiger partial charge in [-0.05, 0) is 63.5 Å². The number of nitrogens with one attached hydrogen (secondary N) is 2. The van der Waals surface area contributed by atoms with Gasteiger partial charge in [0.25, 0.3) is 0 Å². The number of carbonyl (C=O) groups is 1. The van der Waals surface area contributed by atoms with E-state index >= 15 is 0 Å². The van der Waals surface area contributed by atoms with Gasteiger partial charge in [-0.15, -0.1) is 0 Å². The third-order valence-corrected chi connectivity index (χ3v) is 5.33. The summed E-state index contributed by atoms with van der Waals surface area (Å²) in [5.74, 6) is 1.42. The minimum absolute atomic E-state index is 0.326. The molecule has 1 heterocycles. The average molecular weight is 236 g/mol. The van der Waals surface area contributed by atoms with Crippen LogP contribution in [0.25, 0.3) is 0 Å². The predicted molar refractivity (Wildman–Crippen MR) is 67.6 cm³/mol. The first-order chi connectivity index (χ1) is 8.21. The Balaban J connectivity index is 1.50. The summed E-state index contributed by atoms with van der Waals surface area (Å²) >= 11 is 0. The number of rotatable bonds is 3. The molecule has 0 aromatic carbocycles. The Morgan fingerprint density at radius 2 is 2.06 bits per heavy atom. The lowest BCUT2D eigenvalue weighted by Crippen LogP contribution is -2.42. The van der Waals surface area contributed by atoms with Gasteiger partial charge in [0.05, 0.1) is 0 Å². The molecule has 2 unspecified atom stereocenters. The summed E-state index contributed by atoms with van der Waals surface area (Å²) in [5, 5.41) is 6.64. The standard InChI is InChI=1S/C14H24N2O/c1-10(11-3-2-4-11)16-13(17)12-9-14(12)5-7-15-8-6-14/h10-12,15H,2-9H2,1H3,(H,16,17). The second-order valence-corrected chi connectivity index (χ2v) is 6.36. The average Bonchev–Trinajstić information content (AvgIpc) is 2.90. The van der Waals surface area contributed by atoms with E-state index in [2.05, 4.69) is 17.6 Å². The van der Waals surface area contributed by atoms with Gasteiger partial charge in [-0.3, -0.25) is 4.79 Å². The van der Waals surface area contributed by atoms with Gasteiger partial charge in [-0.25, -0.2) is 0 Å². The molecule has 1 saturated heterocycles. The summed E-state index contributed by atoms with van der Waals surface area (Å²) in [6.45, 7) is 4.38. The molecule has 3 aliphatic rings. The zero-order chi connectivity index (χ0) is 11.9. The second kappa shape index (κ2) is 4.27. The summed E-state index contributed by atoms with van der Waals surface area (Å²) in [4.78, 5) is 12.2. The maximum atomic E-state index is 12.2. The van der Waals surface area contributed by atoms with Crippen LogP contribution in [0.15, 0.2) is 0 Å². The molecule has 2 atom stereocenters. The highest BCUT2D eigenvalue weighted by Crippen LogP contribution is 2.58. The van der Waals surface area contributed by atoms with Crippen LogP contribution < -0.4 is 10.6 Å². The lowest BCUT2D eigenvalue weighted by Gasteiger charge is -2.32. The van der Waals surface area contributed by atoms with Crippen molar-refractivity contribution in [2.24, 2.45) is 17.3 Å². The van der Waals surface area contributed by atoms with Crippen LogP contribution in [-0.2, 0) is 4.79 Å². The molecule has 1 spiro atoms. The summed E-state index contributed by atoms with van der Waals surface area (Å²) in [7, 11) is 0. The van der Waals surface area contributed by atoms with Crippen molar-refractivity contribution in [1.82, 2.24) is 10.6 Å². The first kappa shape index (κ1) is 11.5. The van der Waals surface area contributed by atoms with Gasteiger partial charge in [-0.1, -0.05) is 6.42 Å². The highest BCUT2D eigenvalue weighted by molar-refractivity contribution is 5.82. The Morgan fingerprint density at radius 3 is 2.65 bits per heavy atom. The molecule has 2 aliphatic carbocycles. The Labute approximate surface area is 104 Å². The third kappa shape index (κ3) is 2.10. The molecule has 0 bridgehead atoms. The molecule has 1 aliphatic heterocycles. The molecule has 1 amide bonds. The number of hydrogen-bond donors (Lipinski definition) is 2. The van der Waals surface area contributed by atoms with Crippen molar-refractivity contribution in [3.63, 3.8) is 0 Å². The SMILES string of the molecule is CC(NC(=O)C1CC12CCNCC2)C1CCC1. The largest absolute Gasteiger partial charge is 0.353 e. The van der Waals surface area contributed by atoms with Crippen molar-refractivity contribution in [1.29, 1.82) is 0 Å². The number of piperidine rings is 1. The molecule has 3 rings (SSSR count). The van der Waals surface area contributed by atoms with Gasteiger partial charge in [0.15, 0.2) is 0 Å². The van der Waals surface area contributed by atoms with Gasteiger partial charge in [-0.2, -0.15) is 0 Å². The fraction of sp³-hybridized carbons (Fsp3) is 0.929. The third-order valence-electron chi connectivity index (χ3n) is 5.33. The van der Waals surface area contributed by atoms with Crippen LogP contribution in [0.1, 0.15) is 45.4 Å². The van der Waals surface area contributed by atoms with Crippen molar-refractivity contribution < 1.29 is 4.79 Å². The molecule has 96 valence electrons. The van der Waals surface area contributed by atoms with Crippen molar-refractivity contribution in [3.05, 3.63) is 0 Å². The van der Waals surface area contributed by atoms with Gasteiger partial charge in [0.2, 0.25) is 5.91 Å². The predicted octanol–water partition coefficient (Wildman–Crippen LogP) is 1.68. The first-order valence-electron chi connectivity index (χ1n) is 7.22. The molecular weight excluding hydrogens is 212 g/mol. The van der Waals surface area contributed by atoms with Crippen LogP contribution in [0.5, 0.6) is 0 Å². The number of hydrogen-bond acceptors (Lipinski definition) is 2. The monoisotopic (exact) mass is 236 g/mol. The lowest BCUT2D eigenvalue weighted by molar-refractivity contribution is -0.124. The van der Waals surface area contributed by atoms with E-state index in [0.717, 1.165) is 25.4 Å². The summed E-state index contributed by atoms with van der Waals surface area (Å²) < 4.78 is 0. The van der Waals surface area contributed by atoms with E-state index in [1.54, 1.807) is 0 Å². The molecular formula is C14H24N2O. The van der Waals surface area contributed by atoms with E-state index in [9.17, 15) is 4.79 Å². The molecule has 0 aromatic rings. The van der Waals surface area contributed by atoms with Crippen molar-refractivity contribution in [2.75, 3.05) is 13.1 Å². The highest BCUT2D eigenvalue weighted by atomic mass is 16.2. The van der Waals surface area contributed by atoms with Gasteiger partial charge in [0.1, 0.15) is 0 Å². The van der Waals surface area contributed by atoms with E-state index < -0.39 is 0 Å². The normalized spacial score (nSPS) is 32.9. The fourth-order valence-electron chi connectivity index (χ4n) is 3.58. The molecule has 3 nitrogen and oxygen atoms in total. The van der Waals surface area contributed by atoms with Gasteiger partial charge < -0.3 is 10.6 Å². The number of carbonyl (C=O) groups excluding carboxylic acids is 1. The molecule has 0 radical (unpaired) electrons. The van der Waals surface area contributed by atoms with Crippen LogP contribution in [0, 0.1) is 17.3 Å². The number of amides is 1. The van der Waals surface area contributed by atoms with E-state index in [0.29, 0.717) is 23.3 Å². The van der Waals surface area contributed by atoms with Crippen LogP contribution in [0.2, 0.25) is 0 Å². The maximum Gasteiger partial charge on any atom is 0.223 e. The molecule has 2 saturated carbocycles. The zero-order valence-corrected chi connectivity index (χ0v) is 10.8. The quantitative estimate of drug-likeness (QED) is 0.783. The zero-order valence-electron chi connectivity index (χ0n) is 10.8. The van der Waals surface area contributed by atoms with Crippen LogP contribution >= 0.6 is 0 Å². The van der Waals surface area contributed by atoms with Gasteiger partial charge >= 0.3 is 0 Å². The molecule has 0 aromatic heterocycles. The van der Waals surface area contributed by atoms with Crippen LogP contribution in [0.3, 0.4) is 0 Å². The molecule has 3 heteroatoms. The van der Waals surface area contributed by atoms with Crippen LogP contribution in [0.4, 0.5) is 0 Å². The van der Waals surface area contributed by atoms with Gasteiger partial charge in [0, 0.05) is 12.0 Å². The van der Waals surface area contributed by atoms with Crippen molar-refractivity contribution >= 4 is 5.91 Å². The Bertz CT molecular complexity index is 305. The maximum absolute atomic E-state index is 12.2. The minimum atomic E-state index is 0.326. The lowest BCUT2D eigenvalue weighted by atomic mass is 9.80. The fourth-order valence-corrected chi connectivity index (χ4v) is 3.58. The van der Waals surface area contributed by atoms with Crippen LogP contribution in [-0.4, -0.2) is 25.0 Å². The van der Waals surface area contributed by atoms with E-state index in [1.165, 1.54) is 32.1 Å². The van der Waals surface area contributed by atoms with E-state index in [-0.39, 0.29) is 0 Å². The molecule has 2 N–H and O–H groups in total. The van der Waals surface area contributed by atoms with E-state index in [4.69, 9.17) is 0 Å². The topological polar surface area (TPSA) is 41.1 Å². The van der Waals surface area contributed by atoms with Crippen molar-refractivity contribution in [3.8, 4) is 0 Å². The smallest absolute Gasteiger partial charge is 0.223 e.